The summed E-state index contributed by atoms with van der Waals surface area (Å²) in [5, 5.41) is 10.3. The van der Waals surface area contributed by atoms with Crippen molar-refractivity contribution in [3.05, 3.63) is 74.4 Å². The normalized spacial score (nSPS) is 18.2. The Morgan fingerprint density at radius 2 is 1.84 bits per heavy atom. The van der Waals surface area contributed by atoms with Gasteiger partial charge < -0.3 is 9.64 Å². The Morgan fingerprint density at radius 1 is 1.13 bits per heavy atom. The third kappa shape index (κ3) is 4.59. The third-order valence-electron chi connectivity index (χ3n) is 4.98. The summed E-state index contributed by atoms with van der Waals surface area (Å²) in [7, 11) is 0. The lowest BCUT2D eigenvalue weighted by Crippen LogP contribution is -2.36. The first-order valence-corrected chi connectivity index (χ1v) is 10.3. The molecule has 31 heavy (non-hydrogen) atoms. The number of nitro groups is 1. The Hall–Kier alpha value is -3.24. The van der Waals surface area contributed by atoms with Crippen LogP contribution in [0.2, 0.25) is 0 Å². The first-order chi connectivity index (χ1) is 14.9. The van der Waals surface area contributed by atoms with E-state index in [1.165, 1.54) is 36.4 Å². The smallest absolute Gasteiger partial charge is 0.293 e. The van der Waals surface area contributed by atoms with Crippen LogP contribution in [-0.4, -0.2) is 47.3 Å². The summed E-state index contributed by atoms with van der Waals surface area (Å²) in [4.78, 5) is 38.4. The number of halogens is 1. The number of non-ortho nitro benzene ring substituents is 1. The summed E-state index contributed by atoms with van der Waals surface area (Å²) in [6.07, 6.45) is 1.49. The van der Waals surface area contributed by atoms with Crippen LogP contribution in [0.1, 0.15) is 11.1 Å². The van der Waals surface area contributed by atoms with E-state index in [2.05, 4.69) is 0 Å². The average molecular weight is 443 g/mol. The fourth-order valence-electron chi connectivity index (χ4n) is 3.37. The maximum absolute atomic E-state index is 14.6. The van der Waals surface area contributed by atoms with Gasteiger partial charge in [0.15, 0.2) is 0 Å². The van der Waals surface area contributed by atoms with Crippen LogP contribution in [0.3, 0.4) is 0 Å². The first-order valence-electron chi connectivity index (χ1n) is 9.53. The molecule has 2 aromatic rings. The zero-order valence-corrected chi connectivity index (χ0v) is 17.1. The van der Waals surface area contributed by atoms with Gasteiger partial charge in [0, 0.05) is 25.2 Å². The highest BCUT2D eigenvalue weighted by Crippen LogP contribution is 2.34. The van der Waals surface area contributed by atoms with Gasteiger partial charge in [-0.05, 0) is 41.1 Å². The van der Waals surface area contributed by atoms with E-state index in [0.29, 0.717) is 43.1 Å². The number of morpholine rings is 1. The number of hydrogen-bond donors (Lipinski definition) is 0. The summed E-state index contributed by atoms with van der Waals surface area (Å²) in [6.45, 7) is 2.31. The number of hydrogen-bond acceptors (Lipinski definition) is 7. The molecular formula is C21H18FN3O5S. The van der Waals surface area contributed by atoms with Crippen LogP contribution >= 0.6 is 11.8 Å². The number of benzene rings is 2. The van der Waals surface area contributed by atoms with E-state index in [1.54, 1.807) is 12.1 Å². The molecule has 2 heterocycles. The summed E-state index contributed by atoms with van der Waals surface area (Å²) < 4.78 is 19.9. The van der Waals surface area contributed by atoms with Crippen molar-refractivity contribution in [3.63, 3.8) is 0 Å². The summed E-state index contributed by atoms with van der Waals surface area (Å²) in [6, 6.07) is 10.4. The molecule has 0 unspecified atom stereocenters. The van der Waals surface area contributed by atoms with Crippen LogP contribution in [0.4, 0.5) is 20.6 Å². The highest BCUT2D eigenvalue weighted by Gasteiger charge is 2.35. The second-order valence-electron chi connectivity index (χ2n) is 7.00. The van der Waals surface area contributed by atoms with Gasteiger partial charge in [-0.25, -0.2) is 4.39 Å². The van der Waals surface area contributed by atoms with E-state index in [0.717, 1.165) is 16.7 Å². The number of carbonyl (C=O) groups is 2. The molecular weight excluding hydrogens is 425 g/mol. The van der Waals surface area contributed by atoms with Gasteiger partial charge in [-0.3, -0.25) is 24.6 Å². The highest BCUT2D eigenvalue weighted by atomic mass is 32.2. The van der Waals surface area contributed by atoms with Crippen molar-refractivity contribution >= 4 is 40.4 Å². The number of carbonyl (C=O) groups excluding carboxylic acids is 2. The van der Waals surface area contributed by atoms with E-state index >= 15 is 0 Å². The maximum atomic E-state index is 14.6. The quantitative estimate of drug-likeness (QED) is 0.394. The molecule has 0 atom stereocenters. The van der Waals surface area contributed by atoms with Crippen molar-refractivity contribution in [2.45, 2.75) is 6.54 Å². The van der Waals surface area contributed by atoms with Gasteiger partial charge in [0.05, 0.1) is 35.3 Å². The van der Waals surface area contributed by atoms with Gasteiger partial charge in [0.1, 0.15) is 5.82 Å². The predicted molar refractivity (Wildman–Crippen MR) is 114 cm³/mol. The molecule has 0 spiro atoms. The molecule has 0 bridgehead atoms. The average Bonchev–Trinajstić information content (AvgIpc) is 3.02. The monoisotopic (exact) mass is 443 g/mol. The molecule has 8 nitrogen and oxygen atoms in total. The second kappa shape index (κ2) is 8.86. The number of nitro benzene ring substituents is 1. The van der Waals surface area contributed by atoms with Gasteiger partial charge in [-0.2, -0.15) is 0 Å². The number of thioether (sulfide) groups is 1. The molecule has 10 heteroatoms. The van der Waals surface area contributed by atoms with E-state index in [-0.39, 0.29) is 17.1 Å². The lowest BCUT2D eigenvalue weighted by atomic mass is 10.1. The Bertz CT molecular complexity index is 1070. The Kier molecular flexibility index (Phi) is 6.01. The molecule has 0 N–H and O–H groups in total. The molecule has 2 saturated heterocycles. The minimum Gasteiger partial charge on any atom is -0.378 e. The van der Waals surface area contributed by atoms with Gasteiger partial charge >= 0.3 is 0 Å². The van der Waals surface area contributed by atoms with E-state index < -0.39 is 21.9 Å². The lowest BCUT2D eigenvalue weighted by molar-refractivity contribution is -0.384. The van der Waals surface area contributed by atoms with Crippen LogP contribution in [0.5, 0.6) is 0 Å². The van der Waals surface area contributed by atoms with Crippen LogP contribution in [0.25, 0.3) is 6.08 Å². The molecule has 2 fully saturated rings. The molecule has 0 aliphatic carbocycles. The van der Waals surface area contributed by atoms with Crippen LogP contribution in [0, 0.1) is 15.9 Å². The Labute approximate surface area is 181 Å². The van der Waals surface area contributed by atoms with Crippen LogP contribution in [-0.2, 0) is 16.1 Å². The van der Waals surface area contributed by atoms with E-state index in [9.17, 15) is 24.1 Å². The van der Waals surface area contributed by atoms with Crippen LogP contribution < -0.4 is 4.90 Å². The lowest BCUT2D eigenvalue weighted by Gasteiger charge is -2.29. The Balaban J connectivity index is 1.48. The van der Waals surface area contributed by atoms with Gasteiger partial charge in [-0.15, -0.1) is 0 Å². The largest absolute Gasteiger partial charge is 0.378 e. The summed E-state index contributed by atoms with van der Waals surface area (Å²) in [5.74, 6) is -0.883. The van der Waals surface area contributed by atoms with Crippen LogP contribution in [0.15, 0.2) is 47.4 Å². The van der Waals surface area contributed by atoms with Crippen molar-refractivity contribution in [1.29, 1.82) is 0 Å². The number of rotatable bonds is 5. The SMILES string of the molecule is O=C1S/C(=C\c2ccc(N3CCOCC3)c(F)c2)C(=O)N1Cc1ccc([N+](=O)[O-])cc1. The summed E-state index contributed by atoms with van der Waals surface area (Å²) >= 11 is 0.783. The topological polar surface area (TPSA) is 93.0 Å². The second-order valence-corrected chi connectivity index (χ2v) is 7.99. The number of nitrogens with zero attached hydrogens (tertiary/aromatic N) is 3. The fraction of sp³-hybridized carbons (Fsp3) is 0.238. The van der Waals surface area contributed by atoms with Gasteiger partial charge in [0.25, 0.3) is 16.8 Å². The predicted octanol–water partition coefficient (Wildman–Crippen LogP) is 3.81. The minimum atomic E-state index is -0.518. The third-order valence-corrected chi connectivity index (χ3v) is 5.89. The van der Waals surface area contributed by atoms with Gasteiger partial charge in [-0.1, -0.05) is 18.2 Å². The molecule has 2 aromatic carbocycles. The standard InChI is InChI=1S/C21H18FN3O5S/c22-17-11-15(3-6-18(17)23-7-9-30-10-8-23)12-19-20(26)24(21(27)31-19)13-14-1-4-16(5-2-14)25(28)29/h1-6,11-12H,7-10,13H2/b19-12-. The van der Waals surface area contributed by atoms with Crippen molar-refractivity contribution in [2.24, 2.45) is 0 Å². The zero-order valence-electron chi connectivity index (χ0n) is 16.3. The molecule has 0 aromatic heterocycles. The fourth-order valence-corrected chi connectivity index (χ4v) is 4.21. The molecule has 4 rings (SSSR count). The van der Waals surface area contributed by atoms with E-state index in [4.69, 9.17) is 4.74 Å². The van der Waals surface area contributed by atoms with Crippen molar-refractivity contribution < 1.29 is 23.6 Å². The Morgan fingerprint density at radius 3 is 2.48 bits per heavy atom. The number of imide groups is 1. The van der Waals surface area contributed by atoms with Gasteiger partial charge in [0.2, 0.25) is 0 Å². The van der Waals surface area contributed by atoms with E-state index in [1.807, 2.05) is 4.90 Å². The zero-order chi connectivity index (χ0) is 22.0. The number of amides is 2. The summed E-state index contributed by atoms with van der Waals surface area (Å²) in [5.41, 5.74) is 1.48. The minimum absolute atomic E-state index is 0.00430. The molecule has 0 radical (unpaired) electrons. The highest BCUT2D eigenvalue weighted by molar-refractivity contribution is 8.18. The molecule has 0 saturated carbocycles. The van der Waals surface area contributed by atoms with Crippen molar-refractivity contribution in [1.82, 2.24) is 4.90 Å². The molecule has 2 aliphatic heterocycles. The van der Waals surface area contributed by atoms with Crippen molar-refractivity contribution in [3.8, 4) is 0 Å². The van der Waals surface area contributed by atoms with Crippen molar-refractivity contribution in [2.75, 3.05) is 31.2 Å². The number of ether oxygens (including phenoxy) is 1. The molecule has 2 amide bonds. The first kappa shape index (κ1) is 21.0. The number of anilines is 1. The molecule has 160 valence electrons. The molecule has 2 aliphatic rings. The maximum Gasteiger partial charge on any atom is 0.293 e.